The number of aliphatic imine (C=N–C) groups is 1. The Kier molecular flexibility index (Phi) is 6.96. The number of nitrogens with one attached hydrogen (secondary N) is 1. The number of rotatable bonds is 6. The molecule has 33 heavy (non-hydrogen) atoms. The van der Waals surface area contributed by atoms with Crippen molar-refractivity contribution in [2.45, 2.75) is 32.6 Å². The van der Waals surface area contributed by atoms with Gasteiger partial charge in [0.15, 0.2) is 6.61 Å². The highest BCUT2D eigenvalue weighted by Crippen LogP contribution is 2.39. The van der Waals surface area contributed by atoms with Crippen LogP contribution in [0.15, 0.2) is 53.5 Å². The van der Waals surface area contributed by atoms with E-state index in [1.54, 1.807) is 53.9 Å². The Bertz CT molecular complexity index is 1240. The minimum atomic E-state index is -0.574. The Morgan fingerprint density at radius 1 is 1.12 bits per heavy atom. The molecule has 0 saturated heterocycles. The molecular formula is C26H23N3O3S. The van der Waals surface area contributed by atoms with Crippen LogP contribution >= 0.6 is 11.3 Å². The van der Waals surface area contributed by atoms with Gasteiger partial charge in [-0.1, -0.05) is 29.8 Å². The standard InChI is InChI=1S/C26H23N3O3S/c1-17-6-12-20(13-7-17)29-24(30)16-32-26(31)19-10-8-18(9-11-19)15-28-25-22(14-27)21-4-2-3-5-23(21)33-25/h6-13,15H,2-5,16H2,1H3,(H,29,30). The molecular weight excluding hydrogens is 434 g/mol. The van der Waals surface area contributed by atoms with Gasteiger partial charge in [0, 0.05) is 16.8 Å². The summed E-state index contributed by atoms with van der Waals surface area (Å²) in [7, 11) is 0. The molecule has 2 aromatic carbocycles. The summed E-state index contributed by atoms with van der Waals surface area (Å²) in [5.41, 5.74) is 4.74. The molecule has 7 heteroatoms. The first-order valence-electron chi connectivity index (χ1n) is 10.8. The Morgan fingerprint density at radius 3 is 2.58 bits per heavy atom. The topological polar surface area (TPSA) is 91.5 Å². The van der Waals surface area contributed by atoms with Gasteiger partial charge >= 0.3 is 5.97 Å². The third-order valence-corrected chi connectivity index (χ3v) is 6.61. The molecule has 1 heterocycles. The molecule has 1 amide bonds. The van der Waals surface area contributed by atoms with Gasteiger partial charge in [0.1, 0.15) is 11.1 Å². The van der Waals surface area contributed by atoms with Crippen molar-refractivity contribution in [3.05, 3.63) is 81.2 Å². The van der Waals surface area contributed by atoms with Gasteiger partial charge in [0.05, 0.1) is 11.1 Å². The summed E-state index contributed by atoms with van der Waals surface area (Å²) in [5.74, 6) is -0.974. The molecule has 166 valence electrons. The van der Waals surface area contributed by atoms with E-state index >= 15 is 0 Å². The predicted molar refractivity (Wildman–Crippen MR) is 129 cm³/mol. The smallest absolute Gasteiger partial charge is 0.338 e. The average molecular weight is 458 g/mol. The molecule has 3 aromatic rings. The number of nitriles is 1. The highest BCUT2D eigenvalue weighted by Gasteiger charge is 2.20. The van der Waals surface area contributed by atoms with Crippen molar-refractivity contribution in [2.24, 2.45) is 4.99 Å². The van der Waals surface area contributed by atoms with Gasteiger partial charge in [0.2, 0.25) is 0 Å². The van der Waals surface area contributed by atoms with Crippen molar-refractivity contribution in [3.63, 3.8) is 0 Å². The number of hydrogen-bond acceptors (Lipinski definition) is 6. The number of aryl methyl sites for hydroxylation is 2. The van der Waals surface area contributed by atoms with E-state index in [0.717, 1.165) is 47.4 Å². The fourth-order valence-corrected chi connectivity index (χ4v) is 4.83. The van der Waals surface area contributed by atoms with Crippen molar-refractivity contribution in [2.75, 3.05) is 11.9 Å². The van der Waals surface area contributed by atoms with E-state index in [-0.39, 0.29) is 6.61 Å². The van der Waals surface area contributed by atoms with Gasteiger partial charge in [0.25, 0.3) is 5.91 Å². The highest BCUT2D eigenvalue weighted by molar-refractivity contribution is 7.16. The fourth-order valence-electron chi connectivity index (χ4n) is 3.64. The molecule has 0 atom stereocenters. The summed E-state index contributed by atoms with van der Waals surface area (Å²) in [6.45, 7) is 1.60. The van der Waals surface area contributed by atoms with Gasteiger partial charge in [-0.05, 0) is 68.0 Å². The molecule has 1 aliphatic rings. The van der Waals surface area contributed by atoms with Gasteiger partial charge in [-0.3, -0.25) is 4.79 Å². The number of carbonyl (C=O) groups is 2. The van der Waals surface area contributed by atoms with Crippen LogP contribution in [0.4, 0.5) is 10.7 Å². The lowest BCUT2D eigenvalue weighted by Gasteiger charge is -2.09. The normalized spacial score (nSPS) is 12.7. The number of esters is 1. The van der Waals surface area contributed by atoms with E-state index in [9.17, 15) is 14.9 Å². The molecule has 1 N–H and O–H groups in total. The first kappa shape index (κ1) is 22.4. The molecule has 1 aromatic heterocycles. The molecule has 1 aliphatic carbocycles. The Hall–Kier alpha value is -3.76. The summed E-state index contributed by atoms with van der Waals surface area (Å²) in [5, 5.41) is 13.0. The lowest BCUT2D eigenvalue weighted by molar-refractivity contribution is -0.119. The van der Waals surface area contributed by atoms with Crippen LogP contribution in [0, 0.1) is 18.3 Å². The molecule has 0 aliphatic heterocycles. The van der Waals surface area contributed by atoms with Gasteiger partial charge in [-0.2, -0.15) is 5.26 Å². The largest absolute Gasteiger partial charge is 0.452 e. The first-order chi connectivity index (χ1) is 16.0. The maximum Gasteiger partial charge on any atom is 0.338 e. The average Bonchev–Trinajstić information content (AvgIpc) is 3.20. The summed E-state index contributed by atoms with van der Waals surface area (Å²) >= 11 is 1.59. The minimum Gasteiger partial charge on any atom is -0.452 e. The van der Waals surface area contributed by atoms with Crippen molar-refractivity contribution in [1.82, 2.24) is 0 Å². The van der Waals surface area contributed by atoms with Crippen LogP contribution in [0.3, 0.4) is 0 Å². The van der Waals surface area contributed by atoms with Crippen LogP contribution in [0.1, 0.15) is 50.3 Å². The number of anilines is 1. The van der Waals surface area contributed by atoms with E-state index in [1.807, 2.05) is 19.1 Å². The van der Waals surface area contributed by atoms with E-state index in [1.165, 1.54) is 4.88 Å². The number of thiophene rings is 1. The minimum absolute atomic E-state index is 0.347. The lowest BCUT2D eigenvalue weighted by atomic mass is 9.96. The van der Waals surface area contributed by atoms with Crippen molar-refractivity contribution < 1.29 is 14.3 Å². The number of fused-ring (bicyclic) bond motifs is 1. The molecule has 0 bridgehead atoms. The van der Waals surface area contributed by atoms with Gasteiger partial charge in [-0.15, -0.1) is 11.3 Å². The van der Waals surface area contributed by atoms with E-state index in [2.05, 4.69) is 16.4 Å². The predicted octanol–water partition coefficient (Wildman–Crippen LogP) is 5.35. The third-order valence-electron chi connectivity index (χ3n) is 5.41. The quantitative estimate of drug-likeness (QED) is 0.399. The summed E-state index contributed by atoms with van der Waals surface area (Å²) < 4.78 is 5.11. The van der Waals surface area contributed by atoms with Crippen molar-refractivity contribution in [1.29, 1.82) is 5.26 Å². The second-order valence-electron chi connectivity index (χ2n) is 7.87. The Labute approximate surface area is 196 Å². The third kappa shape index (κ3) is 5.54. The number of carbonyl (C=O) groups excluding carboxylic acids is 2. The number of nitrogens with zero attached hydrogens (tertiary/aromatic N) is 2. The number of benzene rings is 2. The van der Waals surface area contributed by atoms with E-state index in [4.69, 9.17) is 4.74 Å². The van der Waals surface area contributed by atoms with E-state index < -0.39 is 11.9 Å². The van der Waals surface area contributed by atoms with Crippen molar-refractivity contribution in [3.8, 4) is 6.07 Å². The first-order valence-corrected chi connectivity index (χ1v) is 11.6. The molecule has 6 nitrogen and oxygen atoms in total. The Balaban J connectivity index is 1.34. The maximum atomic E-state index is 12.3. The number of ether oxygens (including phenoxy) is 1. The zero-order valence-electron chi connectivity index (χ0n) is 18.3. The fraction of sp³-hybridized carbons (Fsp3) is 0.231. The van der Waals surface area contributed by atoms with E-state index in [0.29, 0.717) is 16.8 Å². The molecule has 0 radical (unpaired) electrons. The van der Waals surface area contributed by atoms with Crippen LogP contribution < -0.4 is 5.32 Å². The van der Waals surface area contributed by atoms with Crippen LogP contribution in [-0.4, -0.2) is 24.7 Å². The summed E-state index contributed by atoms with van der Waals surface area (Å²) in [6, 6.07) is 16.4. The number of amides is 1. The van der Waals surface area contributed by atoms with Crippen LogP contribution in [0.5, 0.6) is 0 Å². The van der Waals surface area contributed by atoms with Crippen LogP contribution in [0.25, 0.3) is 0 Å². The second kappa shape index (κ2) is 10.2. The molecule has 0 fully saturated rings. The van der Waals surface area contributed by atoms with Crippen LogP contribution in [-0.2, 0) is 22.4 Å². The highest BCUT2D eigenvalue weighted by atomic mass is 32.1. The second-order valence-corrected chi connectivity index (χ2v) is 8.96. The molecule has 4 rings (SSSR count). The maximum absolute atomic E-state index is 12.3. The molecule has 0 spiro atoms. The summed E-state index contributed by atoms with van der Waals surface area (Å²) in [4.78, 5) is 30.1. The zero-order valence-corrected chi connectivity index (χ0v) is 19.1. The zero-order chi connectivity index (χ0) is 23.2. The lowest BCUT2D eigenvalue weighted by Crippen LogP contribution is -2.20. The molecule has 0 saturated carbocycles. The Morgan fingerprint density at radius 2 is 1.85 bits per heavy atom. The monoisotopic (exact) mass is 457 g/mol. The number of hydrogen-bond donors (Lipinski definition) is 1. The SMILES string of the molecule is Cc1ccc(NC(=O)COC(=O)c2ccc(C=Nc3sc4c(c3C#N)CCCC4)cc2)cc1. The summed E-state index contributed by atoms with van der Waals surface area (Å²) in [6.07, 6.45) is 5.94. The van der Waals surface area contributed by atoms with Crippen molar-refractivity contribution >= 4 is 40.1 Å². The molecule has 0 unspecified atom stereocenters. The van der Waals surface area contributed by atoms with Gasteiger partial charge in [-0.25, -0.2) is 9.79 Å². The van der Waals surface area contributed by atoms with Crippen LogP contribution in [0.2, 0.25) is 0 Å². The van der Waals surface area contributed by atoms with Gasteiger partial charge < -0.3 is 10.1 Å².